The van der Waals surface area contributed by atoms with E-state index in [-0.39, 0.29) is 23.7 Å². The average Bonchev–Trinajstić information content (AvgIpc) is 2.93. The number of aromatic nitrogens is 2. The van der Waals surface area contributed by atoms with Gasteiger partial charge in [-0.05, 0) is 41.9 Å². The molecule has 0 aromatic carbocycles. The molecule has 9 heteroatoms. The van der Waals surface area contributed by atoms with E-state index in [0.717, 1.165) is 17.5 Å². The van der Waals surface area contributed by atoms with Crippen LogP contribution in [0.4, 0.5) is 13.2 Å². The number of alkyl halides is 3. The van der Waals surface area contributed by atoms with Gasteiger partial charge in [-0.25, -0.2) is 4.98 Å². The summed E-state index contributed by atoms with van der Waals surface area (Å²) in [5, 5.41) is 12.3. The predicted octanol–water partition coefficient (Wildman–Crippen LogP) is 3.68. The molecule has 0 aliphatic heterocycles. The highest BCUT2D eigenvalue weighted by molar-refractivity contribution is 5.95. The van der Waals surface area contributed by atoms with Crippen molar-refractivity contribution < 1.29 is 22.7 Å². The fourth-order valence-electron chi connectivity index (χ4n) is 3.82. The molecule has 0 unspecified atom stereocenters. The molecule has 3 rings (SSSR count). The number of carbonyl (C=O) groups excluding carboxylic acids is 1. The molecule has 0 atom stereocenters. The summed E-state index contributed by atoms with van der Waals surface area (Å²) in [6, 6.07) is 5.30. The van der Waals surface area contributed by atoms with Crippen molar-refractivity contribution in [3.8, 4) is 11.9 Å². The third-order valence-electron chi connectivity index (χ3n) is 5.30. The van der Waals surface area contributed by atoms with Crippen LogP contribution in [-0.2, 0) is 26.4 Å². The number of hydrogen-bond acceptors (Lipinski definition) is 4. The third kappa shape index (κ3) is 4.58. The van der Waals surface area contributed by atoms with Crippen molar-refractivity contribution in [1.82, 2.24) is 14.9 Å². The molecule has 2 aromatic heterocycles. The molecule has 0 radical (unpaired) electrons. The van der Waals surface area contributed by atoms with E-state index in [1.165, 1.54) is 6.20 Å². The number of halogens is 3. The zero-order valence-corrected chi connectivity index (χ0v) is 17.1. The van der Waals surface area contributed by atoms with Gasteiger partial charge in [0.15, 0.2) is 6.61 Å². The van der Waals surface area contributed by atoms with Gasteiger partial charge in [0.05, 0.1) is 0 Å². The standard InChI is InChI=1S/C21H23F3N4O2/c1-20(2)7-6-14-15(9-20)16(10-25)28(3)17(14)18(29)27-11-13-5-4-8-26-19(13)30-12-21(22,23)24/h4-5,8H,6-7,9,11-12H2,1-3H3,(H,27,29). The first kappa shape index (κ1) is 21.7. The number of hydrogen-bond donors (Lipinski definition) is 1. The zero-order valence-electron chi connectivity index (χ0n) is 17.1. The van der Waals surface area contributed by atoms with Gasteiger partial charge in [0.25, 0.3) is 5.91 Å². The van der Waals surface area contributed by atoms with Gasteiger partial charge < -0.3 is 14.6 Å². The Morgan fingerprint density at radius 1 is 1.40 bits per heavy atom. The number of nitrogens with zero attached hydrogens (tertiary/aromatic N) is 3. The maximum atomic E-state index is 12.9. The van der Waals surface area contributed by atoms with E-state index in [1.54, 1.807) is 23.7 Å². The predicted molar refractivity (Wildman–Crippen MR) is 103 cm³/mol. The number of amides is 1. The molecule has 30 heavy (non-hydrogen) atoms. The van der Waals surface area contributed by atoms with E-state index in [9.17, 15) is 23.2 Å². The number of carbonyl (C=O) groups is 1. The molecule has 0 bridgehead atoms. The summed E-state index contributed by atoms with van der Waals surface area (Å²) in [5.41, 5.74) is 3.04. The lowest BCUT2D eigenvalue weighted by Gasteiger charge is -2.29. The average molecular weight is 420 g/mol. The van der Waals surface area contributed by atoms with Gasteiger partial charge in [-0.15, -0.1) is 0 Å². The minimum atomic E-state index is -4.48. The molecule has 0 saturated carbocycles. The van der Waals surface area contributed by atoms with Gasteiger partial charge in [-0.1, -0.05) is 19.9 Å². The minimum absolute atomic E-state index is 0.0484. The molecule has 0 spiro atoms. The third-order valence-corrected chi connectivity index (χ3v) is 5.30. The lowest BCUT2D eigenvalue weighted by Crippen LogP contribution is -2.28. The molecule has 0 saturated heterocycles. The van der Waals surface area contributed by atoms with Crippen molar-refractivity contribution in [2.75, 3.05) is 6.61 Å². The van der Waals surface area contributed by atoms with Crippen molar-refractivity contribution in [1.29, 1.82) is 5.26 Å². The topological polar surface area (TPSA) is 79.9 Å². The number of fused-ring (bicyclic) bond motifs is 1. The van der Waals surface area contributed by atoms with Crippen molar-refractivity contribution in [3.05, 3.63) is 46.4 Å². The Bertz CT molecular complexity index is 1000. The van der Waals surface area contributed by atoms with Crippen LogP contribution in [0.1, 0.15) is 53.1 Å². The van der Waals surface area contributed by atoms with Crippen LogP contribution in [0.2, 0.25) is 0 Å². The fourth-order valence-corrected chi connectivity index (χ4v) is 3.82. The first-order valence-electron chi connectivity index (χ1n) is 9.54. The van der Waals surface area contributed by atoms with Gasteiger partial charge in [-0.2, -0.15) is 18.4 Å². The molecular formula is C21H23F3N4O2. The van der Waals surface area contributed by atoms with Crippen LogP contribution in [0.15, 0.2) is 18.3 Å². The van der Waals surface area contributed by atoms with Crippen molar-refractivity contribution in [3.63, 3.8) is 0 Å². The number of nitrogens with one attached hydrogen (secondary N) is 1. The summed E-state index contributed by atoms with van der Waals surface area (Å²) in [4.78, 5) is 16.8. The molecule has 1 aliphatic rings. The Balaban J connectivity index is 1.81. The summed E-state index contributed by atoms with van der Waals surface area (Å²) in [5.74, 6) is -0.566. The molecule has 160 valence electrons. The Morgan fingerprint density at radius 3 is 2.80 bits per heavy atom. The number of rotatable bonds is 5. The largest absolute Gasteiger partial charge is 0.468 e. The molecular weight excluding hydrogens is 397 g/mol. The zero-order chi connectivity index (χ0) is 22.1. The van der Waals surface area contributed by atoms with Gasteiger partial charge in [-0.3, -0.25) is 4.79 Å². The highest BCUT2D eigenvalue weighted by atomic mass is 19.4. The molecule has 2 heterocycles. The molecule has 0 fully saturated rings. The second-order valence-electron chi connectivity index (χ2n) is 8.22. The molecule has 1 N–H and O–H groups in total. The lowest BCUT2D eigenvalue weighted by atomic mass is 9.74. The van der Waals surface area contributed by atoms with Gasteiger partial charge in [0.2, 0.25) is 5.88 Å². The first-order chi connectivity index (χ1) is 14.0. The summed E-state index contributed by atoms with van der Waals surface area (Å²) in [7, 11) is 1.68. The quantitative estimate of drug-likeness (QED) is 0.800. The van der Waals surface area contributed by atoms with E-state index in [1.807, 2.05) is 0 Å². The summed E-state index contributed by atoms with van der Waals surface area (Å²) in [6.07, 6.45) is -0.863. The fraction of sp³-hybridized carbons (Fsp3) is 0.476. The van der Waals surface area contributed by atoms with Crippen LogP contribution in [0.5, 0.6) is 5.88 Å². The molecule has 6 nitrogen and oxygen atoms in total. The Labute approximate surface area is 172 Å². The minimum Gasteiger partial charge on any atom is -0.468 e. The van der Waals surface area contributed by atoms with E-state index in [4.69, 9.17) is 4.74 Å². The van der Waals surface area contributed by atoms with E-state index >= 15 is 0 Å². The lowest BCUT2D eigenvalue weighted by molar-refractivity contribution is -0.154. The van der Waals surface area contributed by atoms with Crippen molar-refractivity contribution in [2.24, 2.45) is 12.5 Å². The Morgan fingerprint density at radius 2 is 2.13 bits per heavy atom. The number of nitriles is 1. The summed E-state index contributed by atoms with van der Waals surface area (Å²) < 4.78 is 43.7. The normalized spacial score (nSPS) is 15.2. The van der Waals surface area contributed by atoms with Crippen molar-refractivity contribution in [2.45, 2.75) is 45.8 Å². The SMILES string of the molecule is Cn1c(C#N)c2c(c1C(=O)NCc1cccnc1OCC(F)(F)F)CCC(C)(C)C2. The highest BCUT2D eigenvalue weighted by Crippen LogP contribution is 2.38. The van der Waals surface area contributed by atoms with Gasteiger partial charge in [0.1, 0.15) is 17.5 Å². The van der Waals surface area contributed by atoms with Gasteiger partial charge >= 0.3 is 6.18 Å². The Kier molecular flexibility index (Phi) is 5.79. The first-order valence-corrected chi connectivity index (χ1v) is 9.54. The van der Waals surface area contributed by atoms with Crippen LogP contribution >= 0.6 is 0 Å². The van der Waals surface area contributed by atoms with Crippen LogP contribution in [0.3, 0.4) is 0 Å². The van der Waals surface area contributed by atoms with Crippen LogP contribution in [0, 0.1) is 16.7 Å². The van der Waals surface area contributed by atoms with E-state index in [2.05, 4.69) is 30.2 Å². The highest BCUT2D eigenvalue weighted by Gasteiger charge is 2.34. The van der Waals surface area contributed by atoms with E-state index < -0.39 is 12.8 Å². The second-order valence-corrected chi connectivity index (χ2v) is 8.22. The molecule has 1 aliphatic carbocycles. The maximum absolute atomic E-state index is 12.9. The Hall–Kier alpha value is -3.02. The van der Waals surface area contributed by atoms with Crippen molar-refractivity contribution >= 4 is 5.91 Å². The maximum Gasteiger partial charge on any atom is 0.422 e. The second kappa shape index (κ2) is 8.01. The van der Waals surface area contributed by atoms with E-state index in [0.29, 0.717) is 29.8 Å². The molecule has 1 amide bonds. The summed E-state index contributed by atoms with van der Waals surface area (Å²) in [6.45, 7) is 2.76. The number of ether oxygens (including phenoxy) is 1. The van der Waals surface area contributed by atoms with Gasteiger partial charge in [0, 0.05) is 25.4 Å². The molecule has 2 aromatic rings. The number of pyridine rings is 1. The van der Waals surface area contributed by atoms with Crippen LogP contribution < -0.4 is 10.1 Å². The monoisotopic (exact) mass is 420 g/mol. The smallest absolute Gasteiger partial charge is 0.422 e. The summed E-state index contributed by atoms with van der Waals surface area (Å²) >= 11 is 0. The van der Waals surface area contributed by atoms with Crippen LogP contribution in [0.25, 0.3) is 0 Å². The van der Waals surface area contributed by atoms with Crippen LogP contribution in [-0.4, -0.2) is 28.2 Å².